The van der Waals surface area contributed by atoms with Gasteiger partial charge in [-0.25, -0.2) is 0 Å². The van der Waals surface area contributed by atoms with Crippen molar-refractivity contribution in [1.29, 1.82) is 0 Å². The molecule has 7 heteroatoms. The number of carbonyl (C=O) groups is 1. The molecule has 0 radical (unpaired) electrons. The maximum Gasteiger partial charge on any atom is 0.282 e. The quantitative estimate of drug-likeness (QED) is 0.745. The zero-order chi connectivity index (χ0) is 13.5. The van der Waals surface area contributed by atoms with E-state index in [1.165, 1.54) is 24.2 Å². The Bertz CT molecular complexity index is 404. The Morgan fingerprint density at radius 1 is 1.42 bits per heavy atom. The second-order valence-corrected chi connectivity index (χ2v) is 5.45. The summed E-state index contributed by atoms with van der Waals surface area (Å²) < 4.78 is 5.67. The Labute approximate surface area is 116 Å². The van der Waals surface area contributed by atoms with Crippen molar-refractivity contribution in [3.8, 4) is 0 Å². The average molecular weight is 284 g/mol. The topological polar surface area (TPSA) is 76.1 Å². The van der Waals surface area contributed by atoms with E-state index in [4.69, 9.17) is 4.74 Å². The summed E-state index contributed by atoms with van der Waals surface area (Å²) in [7, 11) is 0. The van der Waals surface area contributed by atoms with Gasteiger partial charge < -0.3 is 15.4 Å². The highest BCUT2D eigenvalue weighted by Gasteiger charge is 2.15. The lowest BCUT2D eigenvalue weighted by molar-refractivity contribution is 0.0581. The second-order valence-electron chi connectivity index (χ2n) is 4.48. The summed E-state index contributed by atoms with van der Waals surface area (Å²) in [6.45, 7) is 3.83. The van der Waals surface area contributed by atoms with Crippen molar-refractivity contribution < 1.29 is 9.53 Å². The van der Waals surface area contributed by atoms with Crippen LogP contribution in [0.4, 0.5) is 5.13 Å². The van der Waals surface area contributed by atoms with Gasteiger partial charge in [-0.15, -0.1) is 10.2 Å². The summed E-state index contributed by atoms with van der Waals surface area (Å²) in [5, 5.41) is 14.6. The normalized spacial score (nSPS) is 15.6. The lowest BCUT2D eigenvalue weighted by Crippen LogP contribution is -2.28. The van der Waals surface area contributed by atoms with Gasteiger partial charge in [-0.2, -0.15) is 0 Å². The Kier molecular flexibility index (Phi) is 5.53. The fraction of sp³-hybridized carbons (Fsp3) is 0.750. The number of ether oxygens (including phenoxy) is 1. The van der Waals surface area contributed by atoms with Crippen LogP contribution in [-0.2, 0) is 4.74 Å². The van der Waals surface area contributed by atoms with Gasteiger partial charge in [0.15, 0.2) is 0 Å². The number of hydrogen-bond acceptors (Lipinski definition) is 6. The van der Waals surface area contributed by atoms with Crippen molar-refractivity contribution in [2.45, 2.75) is 38.7 Å². The van der Waals surface area contributed by atoms with Crippen LogP contribution in [0.3, 0.4) is 0 Å². The molecule has 2 N–H and O–H groups in total. The third-order valence-electron chi connectivity index (χ3n) is 2.99. The molecular weight excluding hydrogens is 264 g/mol. The minimum Gasteiger partial charge on any atom is -0.376 e. The van der Waals surface area contributed by atoms with Crippen LogP contribution in [0.2, 0.25) is 0 Å². The van der Waals surface area contributed by atoms with Gasteiger partial charge in [0.2, 0.25) is 10.1 Å². The van der Waals surface area contributed by atoms with Crippen LogP contribution in [0.15, 0.2) is 0 Å². The standard InChI is InChI=1S/C12H20N4O2S/c1-2-13-12-16-15-11(19-12)10(17)14-7-8-18-9-5-3-4-6-9/h9H,2-8H2,1H3,(H,13,16)(H,14,17). The predicted octanol–water partition coefficient (Wildman–Crippen LogP) is 1.66. The molecule has 0 aromatic carbocycles. The maximum absolute atomic E-state index is 11.8. The number of aromatic nitrogens is 2. The molecule has 1 saturated carbocycles. The summed E-state index contributed by atoms with van der Waals surface area (Å²) in [4.78, 5) is 11.8. The third-order valence-corrected chi connectivity index (χ3v) is 3.87. The number of nitrogens with one attached hydrogen (secondary N) is 2. The number of hydrogen-bond donors (Lipinski definition) is 2. The molecule has 0 spiro atoms. The lowest BCUT2D eigenvalue weighted by atomic mass is 10.3. The summed E-state index contributed by atoms with van der Waals surface area (Å²) in [6.07, 6.45) is 5.20. The summed E-state index contributed by atoms with van der Waals surface area (Å²) >= 11 is 1.26. The molecule has 1 aromatic rings. The fourth-order valence-electron chi connectivity index (χ4n) is 2.06. The van der Waals surface area contributed by atoms with Gasteiger partial charge in [-0.05, 0) is 19.8 Å². The number of amides is 1. The molecule has 2 rings (SSSR count). The highest BCUT2D eigenvalue weighted by molar-refractivity contribution is 7.17. The van der Waals surface area contributed by atoms with Gasteiger partial charge in [0.05, 0.1) is 12.7 Å². The lowest BCUT2D eigenvalue weighted by Gasteiger charge is -2.10. The molecular formula is C12H20N4O2S. The van der Waals surface area contributed by atoms with Crippen molar-refractivity contribution in [3.05, 3.63) is 5.01 Å². The van der Waals surface area contributed by atoms with Crippen molar-refractivity contribution in [1.82, 2.24) is 15.5 Å². The van der Waals surface area contributed by atoms with Gasteiger partial charge in [-0.1, -0.05) is 24.2 Å². The van der Waals surface area contributed by atoms with E-state index in [0.717, 1.165) is 19.4 Å². The zero-order valence-electron chi connectivity index (χ0n) is 11.1. The van der Waals surface area contributed by atoms with Gasteiger partial charge in [0.1, 0.15) is 0 Å². The van der Waals surface area contributed by atoms with Gasteiger partial charge in [-0.3, -0.25) is 4.79 Å². The number of rotatable bonds is 7. The van der Waals surface area contributed by atoms with Gasteiger partial charge in [0.25, 0.3) is 5.91 Å². The Balaban J connectivity index is 1.65. The van der Waals surface area contributed by atoms with E-state index in [9.17, 15) is 4.79 Å². The Hall–Kier alpha value is -1.21. The molecule has 0 atom stereocenters. The monoisotopic (exact) mass is 284 g/mol. The fourth-order valence-corrected chi connectivity index (χ4v) is 2.79. The largest absolute Gasteiger partial charge is 0.376 e. The van der Waals surface area contributed by atoms with E-state index in [-0.39, 0.29) is 5.91 Å². The first-order valence-electron chi connectivity index (χ1n) is 6.76. The number of carbonyl (C=O) groups excluding carboxylic acids is 1. The first-order chi connectivity index (χ1) is 9.29. The Morgan fingerprint density at radius 2 is 2.21 bits per heavy atom. The third kappa shape index (κ3) is 4.43. The van der Waals surface area contributed by atoms with Crippen LogP contribution in [0.1, 0.15) is 42.4 Å². The van der Waals surface area contributed by atoms with E-state index < -0.39 is 0 Å². The van der Waals surface area contributed by atoms with E-state index in [2.05, 4.69) is 20.8 Å². The average Bonchev–Trinajstić information content (AvgIpc) is 3.06. The molecule has 0 saturated heterocycles. The first-order valence-corrected chi connectivity index (χ1v) is 7.58. The van der Waals surface area contributed by atoms with Crippen LogP contribution in [0.25, 0.3) is 0 Å². The van der Waals surface area contributed by atoms with Crippen molar-refractivity contribution >= 4 is 22.4 Å². The van der Waals surface area contributed by atoms with Crippen molar-refractivity contribution in [2.75, 3.05) is 25.0 Å². The van der Waals surface area contributed by atoms with Crippen molar-refractivity contribution in [3.63, 3.8) is 0 Å². The molecule has 106 valence electrons. The highest BCUT2D eigenvalue weighted by atomic mass is 32.1. The smallest absolute Gasteiger partial charge is 0.282 e. The van der Waals surface area contributed by atoms with E-state index in [0.29, 0.717) is 29.4 Å². The maximum atomic E-state index is 11.8. The molecule has 19 heavy (non-hydrogen) atoms. The summed E-state index contributed by atoms with van der Waals surface area (Å²) in [5.41, 5.74) is 0. The van der Waals surface area contributed by atoms with Gasteiger partial charge in [0, 0.05) is 13.1 Å². The van der Waals surface area contributed by atoms with Crippen LogP contribution in [0.5, 0.6) is 0 Å². The molecule has 1 fully saturated rings. The minimum atomic E-state index is -0.184. The van der Waals surface area contributed by atoms with Crippen LogP contribution < -0.4 is 10.6 Å². The SMILES string of the molecule is CCNc1nnc(C(=O)NCCOC2CCCC2)s1. The van der Waals surface area contributed by atoms with Crippen LogP contribution >= 0.6 is 11.3 Å². The van der Waals surface area contributed by atoms with Crippen molar-refractivity contribution in [2.24, 2.45) is 0 Å². The van der Waals surface area contributed by atoms with E-state index in [1.54, 1.807) is 0 Å². The molecule has 6 nitrogen and oxygen atoms in total. The van der Waals surface area contributed by atoms with Crippen LogP contribution in [-0.4, -0.2) is 41.9 Å². The molecule has 1 amide bonds. The van der Waals surface area contributed by atoms with E-state index >= 15 is 0 Å². The molecule has 0 unspecified atom stereocenters. The highest BCUT2D eigenvalue weighted by Crippen LogP contribution is 2.20. The minimum absolute atomic E-state index is 0.184. The number of nitrogens with zero attached hydrogens (tertiary/aromatic N) is 2. The summed E-state index contributed by atoms with van der Waals surface area (Å²) in [5.74, 6) is -0.184. The Morgan fingerprint density at radius 3 is 2.95 bits per heavy atom. The van der Waals surface area contributed by atoms with Gasteiger partial charge >= 0.3 is 0 Å². The first kappa shape index (κ1) is 14.2. The zero-order valence-corrected chi connectivity index (χ0v) is 12.0. The molecule has 1 aromatic heterocycles. The molecule has 1 heterocycles. The van der Waals surface area contributed by atoms with E-state index in [1.807, 2.05) is 6.92 Å². The molecule has 1 aliphatic rings. The second kappa shape index (κ2) is 7.40. The predicted molar refractivity (Wildman–Crippen MR) is 74.6 cm³/mol. The van der Waals surface area contributed by atoms with Crippen LogP contribution in [0, 0.1) is 0 Å². The summed E-state index contributed by atoms with van der Waals surface area (Å²) in [6, 6.07) is 0. The number of anilines is 1. The molecule has 1 aliphatic carbocycles. The molecule has 0 aliphatic heterocycles. The molecule has 0 bridgehead atoms.